The Hall–Kier alpha value is -0.0400. The van der Waals surface area contributed by atoms with Crippen LogP contribution in [0.2, 0.25) is 0 Å². The average Bonchev–Trinajstić information content (AvgIpc) is 2.09. The molecule has 17 heavy (non-hydrogen) atoms. The van der Waals surface area contributed by atoms with Crippen LogP contribution in [-0.2, 0) is 0 Å². The van der Waals surface area contributed by atoms with E-state index in [4.69, 9.17) is 0 Å². The molecule has 0 aromatic rings. The van der Waals surface area contributed by atoms with Gasteiger partial charge in [-0.05, 0) is 86.9 Å². The van der Waals surface area contributed by atoms with Crippen molar-refractivity contribution in [2.75, 3.05) is 0 Å². The molecule has 5 fully saturated rings. The summed E-state index contributed by atoms with van der Waals surface area (Å²) in [5.41, 5.74) is 0.587. The molecule has 0 spiro atoms. The molecule has 0 aromatic heterocycles. The highest BCUT2D eigenvalue weighted by Crippen LogP contribution is 2.62. The van der Waals surface area contributed by atoms with Gasteiger partial charge in [-0.2, -0.15) is 0 Å². The van der Waals surface area contributed by atoms with Crippen molar-refractivity contribution in [1.82, 2.24) is 0 Å². The predicted molar refractivity (Wildman–Crippen MR) is 68.6 cm³/mol. The van der Waals surface area contributed by atoms with E-state index in [0.717, 1.165) is 24.2 Å². The van der Waals surface area contributed by atoms with Gasteiger partial charge in [-0.15, -0.1) is 0 Å². The van der Waals surface area contributed by atoms with Crippen LogP contribution in [0.25, 0.3) is 0 Å². The van der Waals surface area contributed by atoms with Crippen molar-refractivity contribution in [3.63, 3.8) is 0 Å². The highest BCUT2D eigenvalue weighted by Gasteiger charge is 2.51. The monoisotopic (exact) mass is 234 g/mol. The topological polar surface area (TPSA) is 20.2 Å². The zero-order valence-corrected chi connectivity index (χ0v) is 10.9. The van der Waals surface area contributed by atoms with Crippen LogP contribution < -0.4 is 0 Å². The van der Waals surface area contributed by atoms with E-state index >= 15 is 0 Å². The van der Waals surface area contributed by atoms with Crippen molar-refractivity contribution >= 4 is 0 Å². The lowest BCUT2D eigenvalue weighted by molar-refractivity contribution is -0.0887. The molecule has 0 saturated heterocycles. The Labute approximate surface area is 105 Å². The molecule has 5 saturated carbocycles. The summed E-state index contributed by atoms with van der Waals surface area (Å²) in [7, 11) is 0. The van der Waals surface area contributed by atoms with Gasteiger partial charge in [-0.25, -0.2) is 0 Å². The van der Waals surface area contributed by atoms with Crippen molar-refractivity contribution in [3.05, 3.63) is 0 Å². The Kier molecular flexibility index (Phi) is 2.38. The van der Waals surface area contributed by atoms with Crippen LogP contribution in [0.3, 0.4) is 0 Å². The normalized spacial score (nSPS) is 50.3. The molecule has 5 aliphatic carbocycles. The summed E-state index contributed by atoms with van der Waals surface area (Å²) in [6, 6.07) is 0. The second-order valence-corrected chi connectivity index (χ2v) is 7.88. The summed E-state index contributed by atoms with van der Waals surface area (Å²) in [5, 5.41) is 10.4. The SMILES string of the molecule is OC(CC12CC3CC(CC(C3)C1)C2)C1CCC1. The van der Waals surface area contributed by atoms with Crippen molar-refractivity contribution in [1.29, 1.82) is 0 Å². The first kappa shape index (κ1) is 10.8. The van der Waals surface area contributed by atoms with Crippen molar-refractivity contribution in [3.8, 4) is 0 Å². The van der Waals surface area contributed by atoms with Crippen LogP contribution in [-0.4, -0.2) is 11.2 Å². The maximum absolute atomic E-state index is 10.4. The Morgan fingerprint density at radius 2 is 1.47 bits per heavy atom. The van der Waals surface area contributed by atoms with Gasteiger partial charge in [0.2, 0.25) is 0 Å². The number of aliphatic hydroxyl groups is 1. The van der Waals surface area contributed by atoms with Crippen LogP contribution >= 0.6 is 0 Å². The first-order valence-corrected chi connectivity index (χ1v) is 7.90. The number of hydrogen-bond donors (Lipinski definition) is 1. The second kappa shape index (κ2) is 3.73. The Morgan fingerprint density at radius 3 is 1.88 bits per heavy atom. The smallest absolute Gasteiger partial charge is 0.0573 e. The molecule has 0 aromatic carbocycles. The maximum atomic E-state index is 10.4. The highest BCUT2D eigenvalue weighted by molar-refractivity contribution is 5.02. The van der Waals surface area contributed by atoms with E-state index in [1.807, 2.05) is 0 Å². The fraction of sp³-hybridized carbons (Fsp3) is 1.00. The molecular formula is C16H26O. The fourth-order valence-corrected chi connectivity index (χ4v) is 5.97. The number of aliphatic hydroxyl groups excluding tert-OH is 1. The van der Waals surface area contributed by atoms with Gasteiger partial charge in [0.05, 0.1) is 6.10 Å². The van der Waals surface area contributed by atoms with Gasteiger partial charge in [0.25, 0.3) is 0 Å². The van der Waals surface area contributed by atoms with Crippen LogP contribution in [0.1, 0.15) is 64.2 Å². The van der Waals surface area contributed by atoms with E-state index in [1.54, 1.807) is 0 Å². The molecule has 0 amide bonds. The summed E-state index contributed by atoms with van der Waals surface area (Å²) < 4.78 is 0. The largest absolute Gasteiger partial charge is 0.393 e. The van der Waals surface area contributed by atoms with E-state index < -0.39 is 0 Å². The summed E-state index contributed by atoms with van der Waals surface area (Å²) in [4.78, 5) is 0. The van der Waals surface area contributed by atoms with Gasteiger partial charge in [-0.1, -0.05) is 6.42 Å². The summed E-state index contributed by atoms with van der Waals surface area (Å²) in [6.07, 6.45) is 14.1. The van der Waals surface area contributed by atoms with Crippen molar-refractivity contribution in [2.45, 2.75) is 70.3 Å². The van der Waals surface area contributed by atoms with Gasteiger partial charge < -0.3 is 5.11 Å². The van der Waals surface area contributed by atoms with E-state index in [1.165, 1.54) is 57.8 Å². The van der Waals surface area contributed by atoms with E-state index in [9.17, 15) is 5.11 Å². The van der Waals surface area contributed by atoms with Crippen LogP contribution in [0, 0.1) is 29.1 Å². The molecule has 96 valence electrons. The quantitative estimate of drug-likeness (QED) is 0.788. The summed E-state index contributed by atoms with van der Waals surface area (Å²) in [6.45, 7) is 0. The lowest BCUT2D eigenvalue weighted by Crippen LogP contribution is -2.48. The molecule has 1 heteroatoms. The highest BCUT2D eigenvalue weighted by atomic mass is 16.3. The maximum Gasteiger partial charge on any atom is 0.0573 e. The van der Waals surface area contributed by atoms with Gasteiger partial charge >= 0.3 is 0 Å². The summed E-state index contributed by atoms with van der Waals surface area (Å²) >= 11 is 0. The Balaban J connectivity index is 1.48. The first-order chi connectivity index (χ1) is 8.22. The molecule has 0 radical (unpaired) electrons. The lowest BCUT2D eigenvalue weighted by atomic mass is 9.48. The van der Waals surface area contributed by atoms with E-state index in [0.29, 0.717) is 11.3 Å². The molecule has 1 N–H and O–H groups in total. The molecule has 1 atom stereocenters. The molecule has 5 aliphatic rings. The minimum Gasteiger partial charge on any atom is -0.393 e. The van der Waals surface area contributed by atoms with E-state index in [2.05, 4.69) is 0 Å². The Bertz CT molecular complexity index is 269. The third-order valence-electron chi connectivity index (χ3n) is 6.50. The van der Waals surface area contributed by atoms with Gasteiger partial charge in [0.15, 0.2) is 0 Å². The van der Waals surface area contributed by atoms with E-state index in [-0.39, 0.29) is 6.10 Å². The molecule has 1 unspecified atom stereocenters. The van der Waals surface area contributed by atoms with Gasteiger partial charge in [0, 0.05) is 0 Å². The zero-order valence-electron chi connectivity index (χ0n) is 10.9. The Morgan fingerprint density at radius 1 is 0.941 bits per heavy atom. The van der Waals surface area contributed by atoms with Crippen molar-refractivity contribution in [2.24, 2.45) is 29.1 Å². The van der Waals surface area contributed by atoms with Crippen LogP contribution in [0.5, 0.6) is 0 Å². The molecule has 4 bridgehead atoms. The first-order valence-electron chi connectivity index (χ1n) is 7.90. The van der Waals surface area contributed by atoms with Gasteiger partial charge in [0.1, 0.15) is 0 Å². The molecule has 0 heterocycles. The third kappa shape index (κ3) is 1.77. The van der Waals surface area contributed by atoms with Crippen LogP contribution in [0.15, 0.2) is 0 Å². The molecular weight excluding hydrogens is 208 g/mol. The lowest BCUT2D eigenvalue weighted by Gasteiger charge is -2.58. The second-order valence-electron chi connectivity index (χ2n) is 7.88. The predicted octanol–water partition coefficient (Wildman–Crippen LogP) is 3.75. The molecule has 5 rings (SSSR count). The standard InChI is InChI=1S/C16H26O/c17-15(14-2-1-3-14)10-16-7-11-4-12(8-16)6-13(5-11)9-16/h11-15,17H,1-10H2. The minimum atomic E-state index is 0.0417. The molecule has 1 nitrogen and oxygen atoms in total. The molecule has 0 aliphatic heterocycles. The average molecular weight is 234 g/mol. The summed E-state index contributed by atoms with van der Waals surface area (Å²) in [5.74, 6) is 3.78. The van der Waals surface area contributed by atoms with Crippen molar-refractivity contribution < 1.29 is 5.11 Å². The van der Waals surface area contributed by atoms with Gasteiger partial charge in [-0.3, -0.25) is 0 Å². The minimum absolute atomic E-state index is 0.0417. The zero-order chi connectivity index (χ0) is 11.5. The fourth-order valence-electron chi connectivity index (χ4n) is 5.97. The number of rotatable bonds is 3. The number of hydrogen-bond acceptors (Lipinski definition) is 1. The van der Waals surface area contributed by atoms with Crippen LogP contribution in [0.4, 0.5) is 0 Å². The third-order valence-corrected chi connectivity index (χ3v) is 6.50.